The first-order chi connectivity index (χ1) is 9.61. The Labute approximate surface area is 126 Å². The van der Waals surface area contributed by atoms with Crippen LogP contribution in [0.4, 0.5) is 15.5 Å². The minimum atomic E-state index is -0.666. The van der Waals surface area contributed by atoms with Crippen LogP contribution in [0.15, 0.2) is 41.8 Å². The predicted molar refractivity (Wildman–Crippen MR) is 82.4 cm³/mol. The van der Waals surface area contributed by atoms with Crippen molar-refractivity contribution < 1.29 is 9.59 Å². The van der Waals surface area contributed by atoms with E-state index in [2.05, 4.69) is 5.32 Å². The molecule has 1 aromatic carbocycles. The first kappa shape index (κ1) is 14.6. The van der Waals surface area contributed by atoms with E-state index in [0.29, 0.717) is 15.7 Å². The lowest BCUT2D eigenvalue weighted by atomic mass is 10.3. The second kappa shape index (κ2) is 6.54. The summed E-state index contributed by atoms with van der Waals surface area (Å²) in [7, 11) is 0. The number of hydrogen-bond donors (Lipinski definition) is 1. The highest BCUT2D eigenvalue weighted by molar-refractivity contribution is 7.14. The van der Waals surface area contributed by atoms with E-state index in [-0.39, 0.29) is 6.03 Å². The monoisotopic (exact) mass is 307 g/mol. The molecule has 0 saturated carbocycles. The summed E-state index contributed by atoms with van der Waals surface area (Å²) in [6, 6.07) is 9.31. The summed E-state index contributed by atoms with van der Waals surface area (Å²) in [5.74, 6) is 0. The van der Waals surface area contributed by atoms with Crippen molar-refractivity contribution in [2.75, 3.05) is 10.2 Å². The molecule has 0 unspecified atom stereocenters. The number of anilines is 2. The molecule has 2 aromatic rings. The Morgan fingerprint density at radius 3 is 2.60 bits per heavy atom. The van der Waals surface area contributed by atoms with Crippen molar-refractivity contribution >= 4 is 45.9 Å². The van der Waals surface area contributed by atoms with Gasteiger partial charge in [0.25, 0.3) is 0 Å². The molecule has 1 aromatic heterocycles. The average molecular weight is 308 g/mol. The van der Waals surface area contributed by atoms with Crippen LogP contribution in [-0.2, 0) is 4.79 Å². The fourth-order valence-corrected chi connectivity index (χ4v) is 2.58. The van der Waals surface area contributed by atoms with Crippen LogP contribution in [-0.4, -0.2) is 18.4 Å². The van der Waals surface area contributed by atoms with Gasteiger partial charge in [0.2, 0.25) is 6.29 Å². The molecule has 6 heteroatoms. The molecule has 1 radical (unpaired) electrons. The van der Waals surface area contributed by atoms with Crippen LogP contribution in [0.25, 0.3) is 0 Å². The summed E-state index contributed by atoms with van der Waals surface area (Å²) < 4.78 is 0. The number of rotatable bonds is 4. The number of urea groups is 1. The van der Waals surface area contributed by atoms with E-state index in [1.807, 2.05) is 17.7 Å². The maximum atomic E-state index is 12.3. The minimum absolute atomic E-state index is 0.384. The number of thiophene rings is 1. The number of benzene rings is 1. The molecular formula is C14H12ClN2O2S. The first-order valence-electron chi connectivity index (χ1n) is 5.89. The van der Waals surface area contributed by atoms with Crippen molar-refractivity contribution in [3.8, 4) is 0 Å². The van der Waals surface area contributed by atoms with Gasteiger partial charge in [-0.15, -0.1) is 11.3 Å². The number of carbonyl (C=O) groups is 1. The number of carbonyl (C=O) groups excluding carboxylic acids is 2. The van der Waals surface area contributed by atoms with Crippen LogP contribution in [0, 0.1) is 0 Å². The van der Waals surface area contributed by atoms with Gasteiger partial charge in [-0.1, -0.05) is 11.6 Å². The fraction of sp³-hybridized carbons (Fsp3) is 0.143. The topological polar surface area (TPSA) is 49.4 Å². The van der Waals surface area contributed by atoms with E-state index in [0.717, 1.165) is 0 Å². The average Bonchev–Trinajstić information content (AvgIpc) is 2.95. The first-order valence-corrected chi connectivity index (χ1v) is 7.14. The van der Waals surface area contributed by atoms with E-state index < -0.39 is 6.04 Å². The predicted octanol–water partition coefficient (Wildman–Crippen LogP) is 3.94. The van der Waals surface area contributed by atoms with Gasteiger partial charge >= 0.3 is 6.03 Å². The van der Waals surface area contributed by atoms with Gasteiger partial charge in [-0.2, -0.15) is 0 Å². The number of hydrogen-bond acceptors (Lipinski definition) is 3. The van der Waals surface area contributed by atoms with Gasteiger partial charge in [-0.3, -0.25) is 9.69 Å². The summed E-state index contributed by atoms with van der Waals surface area (Å²) in [5, 5.41) is 5.85. The van der Waals surface area contributed by atoms with Gasteiger partial charge in [-0.25, -0.2) is 4.79 Å². The van der Waals surface area contributed by atoms with Gasteiger partial charge in [0.1, 0.15) is 6.04 Å². The molecule has 0 fully saturated rings. The van der Waals surface area contributed by atoms with Crippen molar-refractivity contribution in [3.05, 3.63) is 46.8 Å². The Kier molecular flexibility index (Phi) is 4.76. The van der Waals surface area contributed by atoms with Crippen molar-refractivity contribution in [1.82, 2.24) is 0 Å². The van der Waals surface area contributed by atoms with Crippen molar-refractivity contribution in [2.45, 2.75) is 13.0 Å². The lowest BCUT2D eigenvalue weighted by molar-refractivity contribution is 0.256. The highest BCUT2D eigenvalue weighted by Gasteiger charge is 2.23. The SMILES string of the molecule is C[C@@H]([C]=O)N(C(=O)Nc1ccc(Cl)cc1)c1cccs1. The highest BCUT2D eigenvalue weighted by atomic mass is 35.5. The largest absolute Gasteiger partial charge is 0.327 e. The molecule has 1 N–H and O–H groups in total. The minimum Gasteiger partial charge on any atom is -0.308 e. The second-order valence-electron chi connectivity index (χ2n) is 4.05. The molecule has 103 valence electrons. The molecule has 0 aliphatic rings. The molecular weight excluding hydrogens is 296 g/mol. The van der Waals surface area contributed by atoms with Crippen molar-refractivity contribution in [1.29, 1.82) is 0 Å². The number of halogens is 1. The third-order valence-corrected chi connectivity index (χ3v) is 3.74. The Balaban J connectivity index is 2.19. The molecule has 20 heavy (non-hydrogen) atoms. The lowest BCUT2D eigenvalue weighted by Gasteiger charge is -2.24. The van der Waals surface area contributed by atoms with E-state index in [4.69, 9.17) is 11.6 Å². The van der Waals surface area contributed by atoms with Crippen LogP contribution < -0.4 is 10.2 Å². The fourth-order valence-electron chi connectivity index (χ4n) is 1.64. The number of nitrogens with one attached hydrogen (secondary N) is 1. The Morgan fingerprint density at radius 2 is 2.05 bits per heavy atom. The maximum absolute atomic E-state index is 12.3. The van der Waals surface area contributed by atoms with E-state index in [1.165, 1.54) is 16.2 Å². The van der Waals surface area contributed by atoms with Crippen LogP contribution in [0.5, 0.6) is 0 Å². The van der Waals surface area contributed by atoms with Gasteiger partial charge in [0.15, 0.2) is 0 Å². The Hall–Kier alpha value is -1.85. The maximum Gasteiger partial charge on any atom is 0.327 e. The molecule has 0 aliphatic heterocycles. The Bertz CT molecular complexity index is 584. The smallest absolute Gasteiger partial charge is 0.308 e. The number of amides is 2. The summed E-state index contributed by atoms with van der Waals surface area (Å²) in [6.45, 7) is 1.62. The van der Waals surface area contributed by atoms with Crippen LogP contribution in [0.2, 0.25) is 5.02 Å². The molecule has 1 atom stereocenters. The van der Waals surface area contributed by atoms with Crippen molar-refractivity contribution in [3.63, 3.8) is 0 Å². The summed E-state index contributed by atoms with van der Waals surface area (Å²) in [4.78, 5) is 24.6. The molecule has 0 bridgehead atoms. The van der Waals surface area contributed by atoms with E-state index in [1.54, 1.807) is 37.3 Å². The molecule has 0 saturated heterocycles. The Morgan fingerprint density at radius 1 is 1.35 bits per heavy atom. The van der Waals surface area contributed by atoms with E-state index in [9.17, 15) is 9.59 Å². The molecule has 2 rings (SSSR count). The lowest BCUT2D eigenvalue weighted by Crippen LogP contribution is -2.42. The van der Waals surface area contributed by atoms with Crippen molar-refractivity contribution in [2.24, 2.45) is 0 Å². The molecule has 1 heterocycles. The summed E-state index contributed by atoms with van der Waals surface area (Å²) in [6.07, 6.45) is 1.83. The van der Waals surface area contributed by atoms with Crippen LogP contribution in [0.3, 0.4) is 0 Å². The standard InChI is InChI=1S/C14H12ClN2O2S/c1-10(9-18)17(13-3-2-8-20-13)14(19)16-12-6-4-11(15)5-7-12/h2-8,10H,1H3,(H,16,19)/t10-/m0/s1. The van der Waals surface area contributed by atoms with Crippen LogP contribution in [0.1, 0.15) is 6.92 Å². The highest BCUT2D eigenvalue weighted by Crippen LogP contribution is 2.24. The molecule has 0 aliphatic carbocycles. The molecule has 4 nitrogen and oxygen atoms in total. The van der Waals surface area contributed by atoms with Crippen LogP contribution >= 0.6 is 22.9 Å². The second-order valence-corrected chi connectivity index (χ2v) is 5.41. The summed E-state index contributed by atoms with van der Waals surface area (Å²) in [5.41, 5.74) is 0.610. The normalized spacial score (nSPS) is 11.7. The zero-order valence-electron chi connectivity index (χ0n) is 10.7. The zero-order valence-corrected chi connectivity index (χ0v) is 12.2. The zero-order chi connectivity index (χ0) is 14.5. The molecule has 0 spiro atoms. The number of nitrogens with zero attached hydrogens (tertiary/aromatic N) is 1. The molecule has 2 amide bonds. The van der Waals surface area contributed by atoms with Gasteiger partial charge < -0.3 is 5.32 Å². The van der Waals surface area contributed by atoms with Gasteiger partial charge in [-0.05, 0) is 48.7 Å². The van der Waals surface area contributed by atoms with Gasteiger partial charge in [0, 0.05) is 10.7 Å². The quantitative estimate of drug-likeness (QED) is 0.930. The van der Waals surface area contributed by atoms with E-state index >= 15 is 0 Å². The summed E-state index contributed by atoms with van der Waals surface area (Å²) >= 11 is 7.17. The third-order valence-electron chi connectivity index (χ3n) is 2.62. The van der Waals surface area contributed by atoms with Gasteiger partial charge in [0.05, 0.1) is 5.00 Å². The third kappa shape index (κ3) is 3.37.